The number of hydrogen-bond donors (Lipinski definition) is 0. The highest BCUT2D eigenvalue weighted by Gasteiger charge is 2.23. The van der Waals surface area contributed by atoms with E-state index in [1.165, 1.54) is 27.8 Å². The van der Waals surface area contributed by atoms with Crippen molar-refractivity contribution in [2.24, 2.45) is 0 Å². The van der Waals surface area contributed by atoms with Crippen LogP contribution in [-0.2, 0) is 0 Å². The lowest BCUT2D eigenvalue weighted by atomic mass is 9.95. The van der Waals surface area contributed by atoms with E-state index in [2.05, 4.69) is 56.9 Å². The number of benzene rings is 1. The van der Waals surface area contributed by atoms with E-state index in [0.717, 1.165) is 8.19 Å². The molecule has 1 aromatic heterocycles. The van der Waals surface area contributed by atoms with Gasteiger partial charge in [0.2, 0.25) is 0 Å². The lowest BCUT2D eigenvalue weighted by Gasteiger charge is -2.11. The van der Waals surface area contributed by atoms with Crippen LogP contribution in [0.1, 0.15) is 40.4 Å². The summed E-state index contributed by atoms with van der Waals surface area (Å²) < 4.78 is 0. The minimum atomic E-state index is 0.558. The third kappa shape index (κ3) is 1.59. The van der Waals surface area contributed by atoms with Gasteiger partial charge in [-0.25, -0.2) is 0 Å². The molecule has 2 aromatic rings. The topological polar surface area (TPSA) is 0 Å². The molecule has 86 valence electrons. The summed E-state index contributed by atoms with van der Waals surface area (Å²) >= 11 is 0. The first-order valence-corrected chi connectivity index (χ1v) is 7.21. The fraction of sp³-hybridized carbons (Fsp3) is 0.250. The van der Waals surface area contributed by atoms with Crippen molar-refractivity contribution in [2.75, 3.05) is 0 Å². The van der Waals surface area contributed by atoms with E-state index in [1.54, 1.807) is 5.30 Å². The van der Waals surface area contributed by atoms with Gasteiger partial charge in [-0.15, -0.1) is 8.19 Å². The Morgan fingerprint density at radius 3 is 2.53 bits per heavy atom. The third-order valence-corrected chi connectivity index (χ3v) is 5.46. The molecule has 0 bridgehead atoms. The zero-order valence-corrected chi connectivity index (χ0v) is 11.5. The maximum atomic E-state index is 2.39. The van der Waals surface area contributed by atoms with E-state index >= 15 is 0 Å². The highest BCUT2D eigenvalue weighted by molar-refractivity contribution is 7.31. The van der Waals surface area contributed by atoms with E-state index < -0.39 is 0 Å². The molecule has 0 spiro atoms. The van der Waals surface area contributed by atoms with Crippen LogP contribution in [-0.4, -0.2) is 0 Å². The Hall–Kier alpha value is -1.26. The minimum absolute atomic E-state index is 0.558. The molecule has 3 rings (SSSR count). The maximum Gasteiger partial charge on any atom is 0.00763 e. The summed E-state index contributed by atoms with van der Waals surface area (Å²) in [4.78, 5) is 0. The summed E-state index contributed by atoms with van der Waals surface area (Å²) in [5, 5.41) is 1.58. The first-order chi connectivity index (χ1) is 8.18. The molecule has 1 aliphatic carbocycles. The van der Waals surface area contributed by atoms with Gasteiger partial charge in [-0.05, 0) is 58.8 Å². The van der Waals surface area contributed by atoms with Crippen LogP contribution >= 0.6 is 8.19 Å². The van der Waals surface area contributed by atoms with Gasteiger partial charge in [0.25, 0.3) is 0 Å². The summed E-state index contributed by atoms with van der Waals surface area (Å²) in [6, 6.07) is 8.77. The monoisotopic (exact) mass is 240 g/mol. The maximum absolute atomic E-state index is 2.39. The molecule has 0 amide bonds. The molecule has 17 heavy (non-hydrogen) atoms. The zero-order chi connectivity index (χ0) is 12.0. The molecule has 1 heteroatoms. The SMILES string of the molecule is Cc1c[pH]c(C2=Cc3ccccc3C2C)c1C. The summed E-state index contributed by atoms with van der Waals surface area (Å²) in [5.41, 5.74) is 7.38. The van der Waals surface area contributed by atoms with Crippen LogP contribution in [0.15, 0.2) is 30.1 Å². The van der Waals surface area contributed by atoms with Crippen LogP contribution in [0.5, 0.6) is 0 Å². The van der Waals surface area contributed by atoms with Crippen molar-refractivity contribution >= 4 is 19.8 Å². The van der Waals surface area contributed by atoms with Crippen molar-refractivity contribution in [3.8, 4) is 0 Å². The molecule has 2 unspecified atom stereocenters. The average Bonchev–Trinajstić information content (AvgIpc) is 2.83. The smallest absolute Gasteiger partial charge is 0.00763 e. The normalized spacial score (nSPS) is 18.5. The second-order valence-electron chi connectivity index (χ2n) is 4.92. The predicted octanol–water partition coefficient (Wildman–Crippen LogP) is 4.99. The quantitative estimate of drug-likeness (QED) is 0.658. The van der Waals surface area contributed by atoms with Crippen LogP contribution in [0.4, 0.5) is 0 Å². The van der Waals surface area contributed by atoms with Crippen LogP contribution in [0.2, 0.25) is 0 Å². The average molecular weight is 240 g/mol. The summed E-state index contributed by atoms with van der Waals surface area (Å²) in [5.74, 6) is 2.93. The van der Waals surface area contributed by atoms with Crippen molar-refractivity contribution in [3.63, 3.8) is 0 Å². The predicted molar refractivity (Wildman–Crippen MR) is 78.1 cm³/mol. The van der Waals surface area contributed by atoms with Crippen molar-refractivity contribution < 1.29 is 0 Å². The van der Waals surface area contributed by atoms with Gasteiger partial charge in [-0.2, -0.15) is 0 Å². The van der Waals surface area contributed by atoms with Gasteiger partial charge in [0.1, 0.15) is 0 Å². The van der Waals surface area contributed by atoms with Gasteiger partial charge in [0, 0.05) is 5.92 Å². The zero-order valence-electron chi connectivity index (χ0n) is 10.5. The van der Waals surface area contributed by atoms with Crippen molar-refractivity contribution in [2.45, 2.75) is 26.7 Å². The molecule has 1 aliphatic rings. The molecular formula is C16H17P. The van der Waals surface area contributed by atoms with E-state index in [4.69, 9.17) is 0 Å². The first-order valence-electron chi connectivity index (χ1n) is 6.14. The Kier molecular flexibility index (Phi) is 2.49. The number of rotatable bonds is 1. The number of hydrogen-bond acceptors (Lipinski definition) is 0. The molecule has 0 N–H and O–H groups in total. The van der Waals surface area contributed by atoms with Gasteiger partial charge in [0.15, 0.2) is 0 Å². The third-order valence-electron chi connectivity index (χ3n) is 3.93. The summed E-state index contributed by atoms with van der Waals surface area (Å²) in [7, 11) is 0.857. The molecule has 0 saturated heterocycles. The van der Waals surface area contributed by atoms with E-state index in [-0.39, 0.29) is 0 Å². The Labute approximate surface area is 104 Å². The number of allylic oxidation sites excluding steroid dienone is 1. The van der Waals surface area contributed by atoms with E-state index in [0.29, 0.717) is 5.92 Å². The molecule has 0 saturated carbocycles. The highest BCUT2D eigenvalue weighted by Crippen LogP contribution is 2.46. The molecular weight excluding hydrogens is 223 g/mol. The van der Waals surface area contributed by atoms with Gasteiger partial charge in [-0.3, -0.25) is 0 Å². The lowest BCUT2D eigenvalue weighted by molar-refractivity contribution is 1.01. The molecule has 1 heterocycles. The van der Waals surface area contributed by atoms with Crippen molar-refractivity contribution in [1.29, 1.82) is 0 Å². The van der Waals surface area contributed by atoms with E-state index in [1.807, 2.05) is 0 Å². The Morgan fingerprint density at radius 2 is 1.88 bits per heavy atom. The second kappa shape index (κ2) is 3.89. The number of aryl methyl sites for hydroxylation is 1. The van der Waals surface area contributed by atoms with E-state index in [9.17, 15) is 0 Å². The lowest BCUT2D eigenvalue weighted by Crippen LogP contribution is -1.92. The number of fused-ring (bicyclic) bond motifs is 1. The molecule has 0 aliphatic heterocycles. The van der Waals surface area contributed by atoms with Crippen LogP contribution in [0.25, 0.3) is 11.6 Å². The Balaban J connectivity index is 2.12. The summed E-state index contributed by atoms with van der Waals surface area (Å²) in [6.07, 6.45) is 2.39. The van der Waals surface area contributed by atoms with Crippen LogP contribution in [0.3, 0.4) is 0 Å². The van der Waals surface area contributed by atoms with Crippen LogP contribution < -0.4 is 0 Å². The summed E-state index contributed by atoms with van der Waals surface area (Å²) in [6.45, 7) is 6.82. The molecule has 0 nitrogen and oxygen atoms in total. The fourth-order valence-electron chi connectivity index (χ4n) is 2.68. The van der Waals surface area contributed by atoms with Crippen molar-refractivity contribution in [1.82, 2.24) is 0 Å². The second-order valence-corrected chi connectivity index (χ2v) is 6.00. The van der Waals surface area contributed by atoms with Gasteiger partial charge in [-0.1, -0.05) is 31.2 Å². The first kappa shape index (κ1) is 10.9. The molecule has 2 atom stereocenters. The largest absolute Gasteiger partial charge is 0.131 e. The minimum Gasteiger partial charge on any atom is -0.131 e. The highest BCUT2D eigenvalue weighted by atomic mass is 31.0. The molecule has 1 aromatic carbocycles. The molecule has 0 radical (unpaired) electrons. The Morgan fingerprint density at radius 1 is 1.12 bits per heavy atom. The standard InChI is InChI=1S/C16H17P/c1-10-9-17-16(11(10)2)15-8-13-6-4-5-7-14(13)12(15)3/h4-9,12,17H,1-3H3. The van der Waals surface area contributed by atoms with Crippen LogP contribution in [0, 0.1) is 13.8 Å². The van der Waals surface area contributed by atoms with Gasteiger partial charge >= 0.3 is 0 Å². The van der Waals surface area contributed by atoms with Gasteiger partial charge < -0.3 is 0 Å². The van der Waals surface area contributed by atoms with Crippen molar-refractivity contribution in [3.05, 3.63) is 57.6 Å². The van der Waals surface area contributed by atoms with Gasteiger partial charge in [0.05, 0.1) is 0 Å². The Bertz CT molecular complexity index is 602. The fourth-order valence-corrected chi connectivity index (χ4v) is 4.13. The molecule has 0 fully saturated rings.